The number of hydrogen-bond donors (Lipinski definition) is 2. The maximum absolute atomic E-state index is 12.7. The number of piperidine rings is 1. The van der Waals surface area contributed by atoms with Crippen LogP contribution in [0.15, 0.2) is 18.2 Å². The second kappa shape index (κ2) is 6.99. The Morgan fingerprint density at radius 1 is 1.38 bits per heavy atom. The summed E-state index contributed by atoms with van der Waals surface area (Å²) in [4.78, 5) is 12.7. The third kappa shape index (κ3) is 3.71. The summed E-state index contributed by atoms with van der Waals surface area (Å²) >= 11 is 12.1. The first-order chi connectivity index (χ1) is 9.98. The molecule has 1 aliphatic heterocycles. The Labute approximate surface area is 136 Å². The Balaban J connectivity index is 2.10. The van der Waals surface area contributed by atoms with Gasteiger partial charge in [0.2, 0.25) is 5.91 Å². The molecule has 1 amide bonds. The zero-order chi connectivity index (χ0) is 15.5. The average Bonchev–Trinajstić information content (AvgIpc) is 2.47. The molecule has 1 aliphatic rings. The maximum Gasteiger partial charge on any atom is 0.226 e. The molecule has 1 aromatic carbocycles. The molecular weight excluding hydrogens is 307 g/mol. The lowest BCUT2D eigenvalue weighted by molar-refractivity contribution is -0.133. The first-order valence-corrected chi connectivity index (χ1v) is 8.21. The molecule has 0 bridgehead atoms. The van der Waals surface area contributed by atoms with Crippen LogP contribution in [0.3, 0.4) is 0 Å². The van der Waals surface area contributed by atoms with Gasteiger partial charge in [-0.05, 0) is 57.0 Å². The number of nitrogens with one attached hydrogen (secondary N) is 2. The fraction of sp³-hybridized carbons (Fsp3) is 0.562. The molecule has 0 radical (unpaired) electrons. The van der Waals surface area contributed by atoms with Gasteiger partial charge < -0.3 is 10.6 Å². The van der Waals surface area contributed by atoms with Crippen molar-refractivity contribution >= 4 is 29.1 Å². The molecule has 1 aromatic rings. The van der Waals surface area contributed by atoms with Gasteiger partial charge >= 0.3 is 0 Å². The van der Waals surface area contributed by atoms with Crippen molar-refractivity contribution in [2.75, 3.05) is 13.1 Å². The van der Waals surface area contributed by atoms with Gasteiger partial charge in [-0.1, -0.05) is 36.2 Å². The van der Waals surface area contributed by atoms with E-state index in [1.807, 2.05) is 13.0 Å². The fourth-order valence-electron chi connectivity index (χ4n) is 2.93. The maximum atomic E-state index is 12.7. The van der Waals surface area contributed by atoms with Gasteiger partial charge in [0.1, 0.15) is 0 Å². The molecule has 1 unspecified atom stereocenters. The van der Waals surface area contributed by atoms with E-state index in [1.54, 1.807) is 12.1 Å². The van der Waals surface area contributed by atoms with E-state index in [1.165, 1.54) is 0 Å². The minimum atomic E-state index is -0.252. The van der Waals surface area contributed by atoms with Crippen LogP contribution in [0, 0.1) is 5.41 Å². The van der Waals surface area contributed by atoms with E-state index in [4.69, 9.17) is 23.2 Å². The van der Waals surface area contributed by atoms with Gasteiger partial charge in [0.25, 0.3) is 0 Å². The quantitative estimate of drug-likeness (QED) is 0.878. The zero-order valence-corrected chi connectivity index (χ0v) is 14.0. The molecule has 21 heavy (non-hydrogen) atoms. The minimum Gasteiger partial charge on any atom is -0.349 e. The van der Waals surface area contributed by atoms with Crippen molar-refractivity contribution in [3.8, 4) is 0 Å². The largest absolute Gasteiger partial charge is 0.349 e. The predicted octanol–water partition coefficient (Wildman–Crippen LogP) is 3.95. The van der Waals surface area contributed by atoms with Crippen molar-refractivity contribution in [2.45, 2.75) is 39.2 Å². The van der Waals surface area contributed by atoms with E-state index in [0.29, 0.717) is 10.0 Å². The second-order valence-electron chi connectivity index (χ2n) is 5.74. The van der Waals surface area contributed by atoms with Crippen LogP contribution in [0.2, 0.25) is 10.0 Å². The summed E-state index contributed by atoms with van der Waals surface area (Å²) in [6, 6.07) is 5.25. The second-order valence-corrected chi connectivity index (χ2v) is 6.59. The van der Waals surface area contributed by atoms with E-state index in [-0.39, 0.29) is 17.4 Å². The first kappa shape index (κ1) is 16.6. The van der Waals surface area contributed by atoms with Crippen LogP contribution in [-0.4, -0.2) is 19.0 Å². The highest BCUT2D eigenvalue weighted by molar-refractivity contribution is 6.35. The Bertz CT molecular complexity index is 513. The molecule has 2 N–H and O–H groups in total. The van der Waals surface area contributed by atoms with Crippen LogP contribution < -0.4 is 10.6 Å². The molecular formula is C16H22Cl2N2O. The molecule has 116 valence electrons. The van der Waals surface area contributed by atoms with Crippen molar-refractivity contribution in [1.82, 2.24) is 10.6 Å². The third-order valence-electron chi connectivity index (χ3n) is 4.50. The molecule has 1 heterocycles. The summed E-state index contributed by atoms with van der Waals surface area (Å²) in [5, 5.41) is 7.63. The lowest BCUT2D eigenvalue weighted by Crippen LogP contribution is -2.47. The zero-order valence-electron chi connectivity index (χ0n) is 12.5. The van der Waals surface area contributed by atoms with Crippen molar-refractivity contribution in [3.63, 3.8) is 0 Å². The van der Waals surface area contributed by atoms with E-state index >= 15 is 0 Å². The molecule has 2 rings (SSSR count). The van der Waals surface area contributed by atoms with Crippen LogP contribution in [-0.2, 0) is 4.79 Å². The van der Waals surface area contributed by atoms with E-state index < -0.39 is 0 Å². The number of carbonyl (C=O) groups excluding carboxylic acids is 1. The Kier molecular flexibility index (Phi) is 5.53. The van der Waals surface area contributed by atoms with Crippen molar-refractivity contribution in [2.24, 2.45) is 5.41 Å². The van der Waals surface area contributed by atoms with Gasteiger partial charge in [-0.3, -0.25) is 4.79 Å². The van der Waals surface area contributed by atoms with Crippen LogP contribution in [0.5, 0.6) is 0 Å². The SMILES string of the molecule is CCC1(C(=O)NC(C)c2ccc(Cl)cc2Cl)CCNCC1. The lowest BCUT2D eigenvalue weighted by Gasteiger charge is -2.36. The highest BCUT2D eigenvalue weighted by atomic mass is 35.5. The molecule has 5 heteroatoms. The number of rotatable bonds is 4. The number of amides is 1. The summed E-state index contributed by atoms with van der Waals surface area (Å²) in [6.45, 7) is 5.84. The highest BCUT2D eigenvalue weighted by Crippen LogP contribution is 2.34. The Morgan fingerprint density at radius 3 is 2.62 bits per heavy atom. The first-order valence-electron chi connectivity index (χ1n) is 7.45. The van der Waals surface area contributed by atoms with Gasteiger partial charge in [0.05, 0.1) is 11.5 Å². The normalized spacial score (nSPS) is 19.0. The predicted molar refractivity (Wildman–Crippen MR) is 87.8 cm³/mol. The molecule has 0 spiro atoms. The van der Waals surface area contributed by atoms with Gasteiger partial charge in [0.15, 0.2) is 0 Å². The molecule has 1 fully saturated rings. The summed E-state index contributed by atoms with van der Waals surface area (Å²) in [5.41, 5.74) is 0.646. The Morgan fingerprint density at radius 2 is 2.05 bits per heavy atom. The van der Waals surface area contributed by atoms with Crippen LogP contribution >= 0.6 is 23.2 Å². The number of benzene rings is 1. The van der Waals surface area contributed by atoms with Gasteiger partial charge in [-0.2, -0.15) is 0 Å². The van der Waals surface area contributed by atoms with Crippen molar-refractivity contribution < 1.29 is 4.79 Å². The molecule has 0 aliphatic carbocycles. The Hall–Kier alpha value is -0.770. The third-order valence-corrected chi connectivity index (χ3v) is 5.06. The average molecular weight is 329 g/mol. The van der Waals surface area contributed by atoms with E-state index in [9.17, 15) is 4.79 Å². The van der Waals surface area contributed by atoms with Crippen LogP contribution in [0.4, 0.5) is 0 Å². The van der Waals surface area contributed by atoms with Gasteiger partial charge in [0, 0.05) is 10.0 Å². The summed E-state index contributed by atoms with van der Waals surface area (Å²) in [5.74, 6) is 0.130. The molecule has 0 saturated carbocycles. The minimum absolute atomic E-state index is 0.124. The van der Waals surface area contributed by atoms with Crippen LogP contribution in [0.25, 0.3) is 0 Å². The highest BCUT2D eigenvalue weighted by Gasteiger charge is 2.38. The van der Waals surface area contributed by atoms with Gasteiger partial charge in [-0.25, -0.2) is 0 Å². The number of hydrogen-bond acceptors (Lipinski definition) is 2. The molecule has 1 atom stereocenters. The van der Waals surface area contributed by atoms with Crippen LogP contribution in [0.1, 0.15) is 44.7 Å². The van der Waals surface area contributed by atoms with Crippen molar-refractivity contribution in [3.05, 3.63) is 33.8 Å². The van der Waals surface area contributed by atoms with E-state index in [2.05, 4.69) is 17.6 Å². The summed E-state index contributed by atoms with van der Waals surface area (Å²) in [7, 11) is 0. The molecule has 0 aromatic heterocycles. The lowest BCUT2D eigenvalue weighted by atomic mass is 9.75. The fourth-order valence-corrected chi connectivity index (χ4v) is 3.50. The van der Waals surface area contributed by atoms with Gasteiger partial charge in [-0.15, -0.1) is 0 Å². The number of halogens is 2. The summed E-state index contributed by atoms with van der Waals surface area (Å²) in [6.07, 6.45) is 2.63. The van der Waals surface area contributed by atoms with E-state index in [0.717, 1.165) is 37.9 Å². The number of carbonyl (C=O) groups is 1. The molecule has 1 saturated heterocycles. The monoisotopic (exact) mass is 328 g/mol. The molecule has 3 nitrogen and oxygen atoms in total. The van der Waals surface area contributed by atoms with Crippen molar-refractivity contribution in [1.29, 1.82) is 0 Å². The topological polar surface area (TPSA) is 41.1 Å². The summed E-state index contributed by atoms with van der Waals surface area (Å²) < 4.78 is 0. The smallest absolute Gasteiger partial charge is 0.226 e. The standard InChI is InChI=1S/C16H22Cl2N2O/c1-3-16(6-8-19-9-7-16)15(21)20-11(2)13-5-4-12(17)10-14(13)18/h4-5,10-11,19H,3,6-9H2,1-2H3,(H,20,21).